The molecule has 0 spiro atoms. The van der Waals surface area contributed by atoms with Gasteiger partial charge in [0, 0.05) is 13.8 Å². The third-order valence-electron chi connectivity index (χ3n) is 3.95. The van der Waals surface area contributed by atoms with Crippen LogP contribution < -0.4 is 0 Å². The lowest BCUT2D eigenvalue weighted by Gasteiger charge is -2.29. The minimum atomic E-state index is -3.65. The summed E-state index contributed by atoms with van der Waals surface area (Å²) in [5, 5.41) is 0. The van der Waals surface area contributed by atoms with E-state index in [1.54, 1.807) is 24.3 Å². The lowest BCUT2D eigenvalue weighted by atomic mass is 10.1. The fraction of sp³-hybridized carbons (Fsp3) is 0.200. The molecule has 1 fully saturated rings. The van der Waals surface area contributed by atoms with Crippen molar-refractivity contribution in [3.63, 3.8) is 0 Å². The maximum Gasteiger partial charge on any atom is 0.348 e. The summed E-state index contributed by atoms with van der Waals surface area (Å²) in [5.41, 5.74) is 1.19. The smallest absolute Gasteiger partial charge is 0.348 e. The number of benzene rings is 2. The van der Waals surface area contributed by atoms with Gasteiger partial charge in [0.1, 0.15) is 5.57 Å². The molecule has 0 amide bonds. The largest absolute Gasteiger partial charge is 0.419 e. The zero-order chi connectivity index (χ0) is 19.8. The van der Waals surface area contributed by atoms with Gasteiger partial charge < -0.3 is 9.47 Å². The summed E-state index contributed by atoms with van der Waals surface area (Å²) in [7, 11) is -3.65. The molecule has 0 atom stereocenters. The minimum absolute atomic E-state index is 0.114. The molecule has 27 heavy (non-hydrogen) atoms. The third-order valence-corrected chi connectivity index (χ3v) is 5.74. The monoisotopic (exact) mass is 386 g/mol. The van der Waals surface area contributed by atoms with E-state index in [0.29, 0.717) is 5.56 Å². The van der Waals surface area contributed by atoms with Crippen LogP contribution in [0.4, 0.5) is 0 Å². The number of carbonyl (C=O) groups excluding carboxylic acids is 2. The number of ether oxygens (including phenoxy) is 2. The highest BCUT2D eigenvalue weighted by molar-refractivity contribution is 7.91. The van der Waals surface area contributed by atoms with E-state index < -0.39 is 27.6 Å². The molecule has 0 N–H and O–H groups in total. The van der Waals surface area contributed by atoms with Crippen molar-refractivity contribution in [1.82, 2.24) is 0 Å². The quantitative estimate of drug-likeness (QED) is 0.458. The van der Waals surface area contributed by atoms with Crippen LogP contribution in [0.3, 0.4) is 0 Å². The molecular formula is C20H18O6S. The molecule has 0 aromatic heterocycles. The fourth-order valence-corrected chi connectivity index (χ4v) is 3.80. The van der Waals surface area contributed by atoms with Crippen molar-refractivity contribution in [3.8, 4) is 0 Å². The van der Waals surface area contributed by atoms with E-state index in [-0.39, 0.29) is 15.4 Å². The Kier molecular flexibility index (Phi) is 4.65. The van der Waals surface area contributed by atoms with Crippen molar-refractivity contribution in [2.24, 2.45) is 0 Å². The number of esters is 2. The number of aryl methyl sites for hydroxylation is 1. The van der Waals surface area contributed by atoms with Gasteiger partial charge in [0.15, 0.2) is 0 Å². The molecule has 0 aliphatic carbocycles. The maximum absolute atomic E-state index is 12.7. The second kappa shape index (κ2) is 6.66. The van der Waals surface area contributed by atoms with Gasteiger partial charge >= 0.3 is 11.9 Å². The van der Waals surface area contributed by atoms with E-state index in [0.717, 1.165) is 5.56 Å². The van der Waals surface area contributed by atoms with Gasteiger partial charge in [-0.3, -0.25) is 0 Å². The number of carbonyl (C=O) groups is 2. The van der Waals surface area contributed by atoms with Gasteiger partial charge in [-0.1, -0.05) is 29.8 Å². The zero-order valence-electron chi connectivity index (χ0n) is 15.1. The number of cyclic esters (lactones) is 2. The average Bonchev–Trinajstić information content (AvgIpc) is 2.58. The molecule has 2 aromatic rings. The second-order valence-electron chi connectivity index (χ2n) is 6.62. The first kappa shape index (κ1) is 18.8. The summed E-state index contributed by atoms with van der Waals surface area (Å²) in [5.74, 6) is -2.88. The molecule has 1 aliphatic heterocycles. The number of hydrogen-bond donors (Lipinski definition) is 0. The molecule has 2 aromatic carbocycles. The summed E-state index contributed by atoms with van der Waals surface area (Å²) >= 11 is 0. The Labute approximate surface area is 157 Å². The topological polar surface area (TPSA) is 86.7 Å². The summed E-state index contributed by atoms with van der Waals surface area (Å²) in [6.45, 7) is 4.80. The van der Waals surface area contributed by atoms with E-state index in [1.165, 1.54) is 44.2 Å². The number of sulfone groups is 1. The molecule has 3 rings (SSSR count). The fourth-order valence-electron chi connectivity index (χ4n) is 2.54. The van der Waals surface area contributed by atoms with Crippen molar-refractivity contribution < 1.29 is 27.5 Å². The van der Waals surface area contributed by atoms with Crippen LogP contribution in [-0.2, 0) is 28.9 Å². The molecule has 1 saturated heterocycles. The van der Waals surface area contributed by atoms with Crippen LogP contribution >= 0.6 is 0 Å². The van der Waals surface area contributed by atoms with Gasteiger partial charge in [-0.2, -0.15) is 0 Å². The van der Waals surface area contributed by atoms with Crippen LogP contribution in [0.25, 0.3) is 6.08 Å². The van der Waals surface area contributed by atoms with E-state index in [9.17, 15) is 18.0 Å². The highest BCUT2D eigenvalue weighted by Gasteiger charge is 2.38. The Hall–Kier alpha value is -2.93. The van der Waals surface area contributed by atoms with Crippen molar-refractivity contribution in [3.05, 3.63) is 65.2 Å². The molecule has 0 radical (unpaired) electrons. The number of hydrogen-bond acceptors (Lipinski definition) is 6. The summed E-state index contributed by atoms with van der Waals surface area (Å²) < 4.78 is 35.4. The van der Waals surface area contributed by atoms with Crippen LogP contribution in [0, 0.1) is 6.92 Å². The SMILES string of the molecule is Cc1ccc(S(=O)(=O)c2ccc(C=C3C(=O)OC(C)(C)OC3=O)cc2)cc1. The normalized spacial score (nSPS) is 16.5. The van der Waals surface area contributed by atoms with Gasteiger partial charge in [0.2, 0.25) is 9.84 Å². The maximum atomic E-state index is 12.7. The molecule has 1 aliphatic rings. The van der Waals surface area contributed by atoms with Gasteiger partial charge in [-0.05, 0) is 42.8 Å². The summed E-state index contributed by atoms with van der Waals surface area (Å²) in [4.78, 5) is 24.3. The van der Waals surface area contributed by atoms with Crippen molar-refractivity contribution >= 4 is 27.9 Å². The van der Waals surface area contributed by atoms with Crippen LogP contribution in [-0.4, -0.2) is 26.1 Å². The van der Waals surface area contributed by atoms with Gasteiger partial charge in [-0.25, -0.2) is 18.0 Å². The standard InChI is InChI=1S/C20H18O6S/c1-13-4-8-15(9-5-13)27(23,24)16-10-6-14(7-11-16)12-17-18(21)25-20(2,3)26-19(17)22/h4-12H,1-3H3. The minimum Gasteiger partial charge on any atom is -0.419 e. The molecule has 6 nitrogen and oxygen atoms in total. The van der Waals surface area contributed by atoms with Gasteiger partial charge in [0.05, 0.1) is 9.79 Å². The van der Waals surface area contributed by atoms with Gasteiger partial charge in [-0.15, -0.1) is 0 Å². The Balaban J connectivity index is 1.89. The zero-order valence-corrected chi connectivity index (χ0v) is 15.9. The van der Waals surface area contributed by atoms with Crippen molar-refractivity contribution in [2.45, 2.75) is 36.3 Å². The first-order valence-corrected chi connectivity index (χ1v) is 9.67. The highest BCUT2D eigenvalue weighted by Crippen LogP contribution is 2.25. The third kappa shape index (κ3) is 3.93. The van der Waals surface area contributed by atoms with Crippen LogP contribution in [0.2, 0.25) is 0 Å². The predicted octanol–water partition coefficient (Wildman–Crippen LogP) is 3.05. The van der Waals surface area contributed by atoms with Crippen LogP contribution in [0.15, 0.2) is 63.9 Å². The molecule has 140 valence electrons. The van der Waals surface area contributed by atoms with E-state index in [2.05, 4.69) is 0 Å². The Morgan fingerprint density at radius 1 is 0.815 bits per heavy atom. The molecule has 0 saturated carbocycles. The summed E-state index contributed by atoms with van der Waals surface area (Å²) in [6.07, 6.45) is 1.31. The first-order valence-electron chi connectivity index (χ1n) is 8.19. The Morgan fingerprint density at radius 3 is 1.74 bits per heavy atom. The number of rotatable bonds is 3. The average molecular weight is 386 g/mol. The molecule has 0 bridgehead atoms. The molecule has 1 heterocycles. The van der Waals surface area contributed by atoms with E-state index in [1.807, 2.05) is 6.92 Å². The predicted molar refractivity (Wildman–Crippen MR) is 97.3 cm³/mol. The molecular weight excluding hydrogens is 368 g/mol. The highest BCUT2D eigenvalue weighted by atomic mass is 32.2. The van der Waals surface area contributed by atoms with Crippen molar-refractivity contribution in [1.29, 1.82) is 0 Å². The second-order valence-corrected chi connectivity index (χ2v) is 8.57. The van der Waals surface area contributed by atoms with Gasteiger partial charge in [0.25, 0.3) is 5.79 Å². The first-order chi connectivity index (χ1) is 12.6. The van der Waals surface area contributed by atoms with Crippen LogP contribution in [0.5, 0.6) is 0 Å². The van der Waals surface area contributed by atoms with E-state index in [4.69, 9.17) is 9.47 Å². The molecule has 0 unspecified atom stereocenters. The van der Waals surface area contributed by atoms with E-state index >= 15 is 0 Å². The Bertz CT molecular complexity index is 1010. The summed E-state index contributed by atoms with van der Waals surface area (Å²) in [6, 6.07) is 12.4. The Morgan fingerprint density at radius 2 is 1.26 bits per heavy atom. The molecule has 7 heteroatoms. The van der Waals surface area contributed by atoms with Crippen molar-refractivity contribution in [2.75, 3.05) is 0 Å². The van der Waals surface area contributed by atoms with Crippen LogP contribution in [0.1, 0.15) is 25.0 Å². The lowest BCUT2D eigenvalue weighted by Crippen LogP contribution is -2.41. The lowest BCUT2D eigenvalue weighted by molar-refractivity contribution is -0.222.